The number of hydrogen-bond donors (Lipinski definition) is 1. The summed E-state index contributed by atoms with van der Waals surface area (Å²) in [5, 5.41) is 9.56. The van der Waals surface area contributed by atoms with Crippen LogP contribution < -0.4 is 10.2 Å². The summed E-state index contributed by atoms with van der Waals surface area (Å²) in [6.07, 6.45) is 3.06. The molecule has 2 aliphatic heterocycles. The molecule has 1 unspecified atom stereocenters. The van der Waals surface area contributed by atoms with Gasteiger partial charge in [-0.3, -0.25) is 4.79 Å². The summed E-state index contributed by atoms with van der Waals surface area (Å²) in [6, 6.07) is 22.7. The summed E-state index contributed by atoms with van der Waals surface area (Å²) in [5.41, 5.74) is 7.97. The minimum atomic E-state index is -1.19. The quantitative estimate of drug-likeness (QED) is 0.378. The number of pyridine rings is 1. The monoisotopic (exact) mass is 477 g/mol. The van der Waals surface area contributed by atoms with Crippen LogP contribution in [0.5, 0.6) is 5.75 Å². The maximum atomic E-state index is 12.7. The molecule has 180 valence electrons. The predicted molar refractivity (Wildman–Crippen MR) is 141 cm³/mol. The Labute approximate surface area is 209 Å². The van der Waals surface area contributed by atoms with Crippen LogP contribution in [0.1, 0.15) is 41.4 Å². The third kappa shape index (κ3) is 3.54. The molecule has 6 rings (SSSR count). The van der Waals surface area contributed by atoms with E-state index in [1.165, 1.54) is 23.4 Å². The molecule has 1 N–H and O–H groups in total. The Kier molecular flexibility index (Phi) is 5.29. The van der Waals surface area contributed by atoms with Gasteiger partial charge in [0.05, 0.1) is 12.3 Å². The van der Waals surface area contributed by atoms with E-state index >= 15 is 0 Å². The van der Waals surface area contributed by atoms with Crippen LogP contribution in [0.25, 0.3) is 33.5 Å². The molecule has 36 heavy (non-hydrogen) atoms. The number of carboxylic acid groups (broad SMARTS) is 1. The van der Waals surface area contributed by atoms with Crippen LogP contribution in [0.2, 0.25) is 0 Å². The van der Waals surface area contributed by atoms with Gasteiger partial charge >= 0.3 is 5.97 Å². The van der Waals surface area contributed by atoms with Gasteiger partial charge in [0, 0.05) is 41.4 Å². The molecule has 0 bridgehead atoms. The number of nitrogens with zero attached hydrogens (tertiary/aromatic N) is 1. The third-order valence-corrected chi connectivity index (χ3v) is 7.48. The van der Waals surface area contributed by atoms with Crippen molar-refractivity contribution in [3.8, 4) is 39.3 Å². The number of ether oxygens (including phenoxy) is 1. The Morgan fingerprint density at radius 2 is 1.69 bits per heavy atom. The maximum absolute atomic E-state index is 12.7. The molecule has 3 aromatic carbocycles. The highest BCUT2D eigenvalue weighted by atomic mass is 16.5. The van der Waals surface area contributed by atoms with Crippen molar-refractivity contribution in [2.45, 2.75) is 32.7 Å². The van der Waals surface area contributed by atoms with Crippen LogP contribution >= 0.6 is 0 Å². The minimum Gasteiger partial charge on any atom is -0.492 e. The van der Waals surface area contributed by atoms with Gasteiger partial charge in [0.25, 0.3) is 0 Å². The first-order chi connectivity index (χ1) is 17.4. The van der Waals surface area contributed by atoms with E-state index in [4.69, 9.17) is 4.74 Å². The Balaban J connectivity index is 1.52. The highest BCUT2D eigenvalue weighted by Gasteiger charge is 2.33. The Hall–Kier alpha value is -4.12. The van der Waals surface area contributed by atoms with Gasteiger partial charge in [0.2, 0.25) is 0 Å². The van der Waals surface area contributed by atoms with E-state index in [9.17, 15) is 14.7 Å². The molecule has 0 aliphatic carbocycles. The molecule has 0 spiro atoms. The number of rotatable bonds is 4. The molecular formula is C31H27NO4. The van der Waals surface area contributed by atoms with Crippen LogP contribution in [0.3, 0.4) is 0 Å². The lowest BCUT2D eigenvalue weighted by Gasteiger charge is -2.34. The van der Waals surface area contributed by atoms with Gasteiger partial charge in [-0.2, -0.15) is 0 Å². The van der Waals surface area contributed by atoms with Crippen molar-refractivity contribution < 1.29 is 14.6 Å². The zero-order chi connectivity index (χ0) is 25.0. The molecule has 1 atom stereocenters. The van der Waals surface area contributed by atoms with Gasteiger partial charge in [-0.1, -0.05) is 68.4 Å². The number of carboxylic acids is 1. The zero-order valence-electron chi connectivity index (χ0n) is 20.3. The van der Waals surface area contributed by atoms with E-state index < -0.39 is 11.4 Å². The smallest absolute Gasteiger partial charge is 0.341 e. The molecule has 0 fully saturated rings. The first-order valence-electron chi connectivity index (χ1n) is 12.4. The molecule has 5 heteroatoms. The van der Waals surface area contributed by atoms with Gasteiger partial charge in [0.1, 0.15) is 11.3 Å². The average Bonchev–Trinajstić information content (AvgIpc) is 3.37. The summed E-state index contributed by atoms with van der Waals surface area (Å²) < 4.78 is 8.17. The van der Waals surface area contributed by atoms with Crippen molar-refractivity contribution in [3.05, 3.63) is 99.8 Å². The van der Waals surface area contributed by atoms with Crippen LogP contribution in [0.15, 0.2) is 77.7 Å². The van der Waals surface area contributed by atoms with E-state index in [0.717, 1.165) is 52.1 Å². The molecular weight excluding hydrogens is 450 g/mol. The Morgan fingerprint density at radius 1 is 1.00 bits per heavy atom. The molecule has 0 radical (unpaired) electrons. The highest BCUT2D eigenvalue weighted by molar-refractivity contribution is 5.89. The van der Waals surface area contributed by atoms with Crippen molar-refractivity contribution in [3.63, 3.8) is 0 Å². The van der Waals surface area contributed by atoms with Gasteiger partial charge in [-0.05, 0) is 40.7 Å². The van der Waals surface area contributed by atoms with Crippen LogP contribution in [0, 0.1) is 5.92 Å². The number of aromatic nitrogens is 1. The van der Waals surface area contributed by atoms with Gasteiger partial charge in [-0.15, -0.1) is 0 Å². The topological polar surface area (TPSA) is 68.5 Å². The second-order valence-corrected chi connectivity index (χ2v) is 9.97. The van der Waals surface area contributed by atoms with E-state index in [2.05, 4.69) is 56.3 Å². The highest BCUT2D eigenvalue weighted by Crippen LogP contribution is 2.48. The molecule has 2 aliphatic rings. The fourth-order valence-corrected chi connectivity index (χ4v) is 5.67. The fourth-order valence-electron chi connectivity index (χ4n) is 5.67. The first kappa shape index (κ1) is 22.4. The lowest BCUT2D eigenvalue weighted by atomic mass is 9.82. The van der Waals surface area contributed by atoms with Crippen LogP contribution in [0.4, 0.5) is 0 Å². The molecule has 0 saturated carbocycles. The van der Waals surface area contributed by atoms with Crippen molar-refractivity contribution in [2.24, 2.45) is 5.92 Å². The summed E-state index contributed by atoms with van der Waals surface area (Å²) in [7, 11) is 0. The lowest BCUT2D eigenvalue weighted by Crippen LogP contribution is -2.28. The lowest BCUT2D eigenvalue weighted by molar-refractivity contribution is 0.0694. The average molecular weight is 478 g/mol. The number of hydrogen-bond acceptors (Lipinski definition) is 3. The van der Waals surface area contributed by atoms with Crippen molar-refractivity contribution in [1.82, 2.24) is 4.57 Å². The molecule has 3 heterocycles. The van der Waals surface area contributed by atoms with E-state index in [1.54, 1.807) is 0 Å². The van der Waals surface area contributed by atoms with Crippen LogP contribution in [-0.4, -0.2) is 22.2 Å². The number of fused-ring (bicyclic) bond motifs is 5. The fraction of sp³-hybridized carbons (Fsp3) is 0.226. The molecule has 5 nitrogen and oxygen atoms in total. The standard InChI is InChI=1S/C31H27NO4/c1-18(2)26-15-22-14-24(21-10-8-20(9-11-21)19-6-4-3-5-7-19)30-23(12-13-36-30)29(22)27-16-28(33)25(31(34)35)17-32(26)27/h3-11,14,16-18,26H,12-13,15H2,1-2H3,(H,34,35). The molecule has 0 saturated heterocycles. The van der Waals surface area contributed by atoms with E-state index in [-0.39, 0.29) is 17.5 Å². The van der Waals surface area contributed by atoms with Crippen LogP contribution in [-0.2, 0) is 12.8 Å². The normalized spacial score (nSPS) is 15.7. The first-order valence-corrected chi connectivity index (χ1v) is 12.4. The van der Waals surface area contributed by atoms with E-state index in [0.29, 0.717) is 6.61 Å². The van der Waals surface area contributed by atoms with E-state index in [1.807, 2.05) is 22.8 Å². The Bertz CT molecular complexity index is 1550. The zero-order valence-corrected chi connectivity index (χ0v) is 20.3. The largest absolute Gasteiger partial charge is 0.492 e. The SMILES string of the molecule is CC(C)C1Cc2cc(-c3ccc(-c4ccccc4)cc3)c3c(c2-c2cc(=O)c(C(=O)O)cn21)CCO3. The second kappa shape index (κ2) is 8.52. The van der Waals surface area contributed by atoms with Gasteiger partial charge < -0.3 is 14.4 Å². The number of aromatic carboxylic acids is 1. The molecule has 4 aromatic rings. The van der Waals surface area contributed by atoms with Gasteiger partial charge in [0.15, 0.2) is 5.43 Å². The summed E-state index contributed by atoms with van der Waals surface area (Å²) >= 11 is 0. The molecule has 0 amide bonds. The predicted octanol–water partition coefficient (Wildman–Crippen LogP) is 6.24. The number of benzene rings is 3. The van der Waals surface area contributed by atoms with Crippen molar-refractivity contribution >= 4 is 5.97 Å². The summed E-state index contributed by atoms with van der Waals surface area (Å²) in [4.78, 5) is 24.4. The Morgan fingerprint density at radius 3 is 2.39 bits per heavy atom. The number of carbonyl (C=O) groups is 1. The van der Waals surface area contributed by atoms with Crippen molar-refractivity contribution in [1.29, 1.82) is 0 Å². The second-order valence-electron chi connectivity index (χ2n) is 9.97. The summed E-state index contributed by atoms with van der Waals surface area (Å²) in [6.45, 7) is 4.86. The summed E-state index contributed by atoms with van der Waals surface area (Å²) in [5.74, 6) is -0.0591. The van der Waals surface area contributed by atoms with Gasteiger partial charge in [-0.25, -0.2) is 4.79 Å². The minimum absolute atomic E-state index is 0.0554. The maximum Gasteiger partial charge on any atom is 0.341 e. The molecule has 1 aromatic heterocycles. The third-order valence-electron chi connectivity index (χ3n) is 7.48. The van der Waals surface area contributed by atoms with Crippen molar-refractivity contribution in [2.75, 3.05) is 6.61 Å².